The van der Waals surface area contributed by atoms with Gasteiger partial charge >= 0.3 is 0 Å². The first-order valence-corrected chi connectivity index (χ1v) is 6.92. The van der Waals surface area contributed by atoms with Crippen molar-refractivity contribution >= 4 is 16.8 Å². The van der Waals surface area contributed by atoms with Crippen LogP contribution in [0.5, 0.6) is 0 Å². The highest BCUT2D eigenvalue weighted by molar-refractivity contribution is 5.89. The molecule has 21 heavy (non-hydrogen) atoms. The molecule has 3 heterocycles. The van der Waals surface area contributed by atoms with Gasteiger partial charge < -0.3 is 9.88 Å². The van der Waals surface area contributed by atoms with E-state index in [1.165, 1.54) is 6.33 Å². The number of amides is 1. The van der Waals surface area contributed by atoms with E-state index in [9.17, 15) is 4.79 Å². The molecule has 0 saturated carbocycles. The van der Waals surface area contributed by atoms with E-state index in [0.29, 0.717) is 19.5 Å². The zero-order valence-corrected chi connectivity index (χ0v) is 11.4. The van der Waals surface area contributed by atoms with E-state index in [4.69, 9.17) is 0 Å². The Morgan fingerprint density at radius 1 is 1.29 bits per heavy atom. The summed E-state index contributed by atoms with van der Waals surface area (Å²) in [7, 11) is 0. The lowest BCUT2D eigenvalue weighted by Crippen LogP contribution is -2.26. The fourth-order valence-electron chi connectivity index (χ4n) is 2.83. The van der Waals surface area contributed by atoms with Gasteiger partial charge in [-0.15, -0.1) is 0 Å². The van der Waals surface area contributed by atoms with E-state index in [0.717, 1.165) is 27.7 Å². The van der Waals surface area contributed by atoms with E-state index in [1.54, 1.807) is 6.20 Å². The maximum atomic E-state index is 12.5. The highest BCUT2D eigenvalue weighted by atomic mass is 16.2. The molecule has 0 atom stereocenters. The number of hydrogen-bond donors (Lipinski definition) is 1. The van der Waals surface area contributed by atoms with E-state index in [-0.39, 0.29) is 5.91 Å². The summed E-state index contributed by atoms with van der Waals surface area (Å²) in [5, 5.41) is 1.11. The largest absolute Gasteiger partial charge is 0.361 e. The number of aromatic nitrogens is 3. The summed E-state index contributed by atoms with van der Waals surface area (Å²) in [6.45, 7) is 1.19. The monoisotopic (exact) mass is 278 g/mol. The highest BCUT2D eigenvalue weighted by Gasteiger charge is 2.24. The zero-order chi connectivity index (χ0) is 14.2. The van der Waals surface area contributed by atoms with E-state index in [2.05, 4.69) is 15.0 Å². The predicted octanol–water partition coefficient (Wildman–Crippen LogP) is 2.04. The van der Waals surface area contributed by atoms with Gasteiger partial charge in [-0.05, 0) is 11.6 Å². The number of carbonyl (C=O) groups is 1. The Kier molecular flexibility index (Phi) is 2.70. The van der Waals surface area contributed by atoms with Crippen molar-refractivity contribution in [1.29, 1.82) is 0 Å². The lowest BCUT2D eigenvalue weighted by atomic mass is 10.1. The lowest BCUT2D eigenvalue weighted by molar-refractivity contribution is -0.131. The van der Waals surface area contributed by atoms with E-state index < -0.39 is 0 Å². The Labute approximate surface area is 121 Å². The molecule has 1 aromatic carbocycles. The molecule has 0 bridgehead atoms. The average molecular weight is 278 g/mol. The smallest absolute Gasteiger partial charge is 0.227 e. The third-order valence-electron chi connectivity index (χ3n) is 3.95. The van der Waals surface area contributed by atoms with Gasteiger partial charge in [0.2, 0.25) is 5.91 Å². The topological polar surface area (TPSA) is 61.9 Å². The number of hydrogen-bond acceptors (Lipinski definition) is 3. The summed E-state index contributed by atoms with van der Waals surface area (Å²) in [4.78, 5) is 25.8. The fraction of sp³-hybridized carbons (Fsp3) is 0.188. The van der Waals surface area contributed by atoms with Crippen LogP contribution in [-0.4, -0.2) is 25.8 Å². The van der Waals surface area contributed by atoms with Crippen molar-refractivity contribution in [2.75, 3.05) is 0 Å². The minimum absolute atomic E-state index is 0.123. The van der Waals surface area contributed by atoms with Crippen molar-refractivity contribution in [2.45, 2.75) is 19.5 Å². The van der Waals surface area contributed by atoms with Crippen LogP contribution in [0.3, 0.4) is 0 Å². The van der Waals surface area contributed by atoms with Gasteiger partial charge in [0, 0.05) is 35.4 Å². The summed E-state index contributed by atoms with van der Waals surface area (Å²) in [6, 6.07) is 8.04. The Morgan fingerprint density at radius 2 is 2.19 bits per heavy atom. The van der Waals surface area contributed by atoms with Crippen LogP contribution in [-0.2, 0) is 24.3 Å². The number of fused-ring (bicyclic) bond motifs is 2. The molecular formula is C16H14N4O. The summed E-state index contributed by atoms with van der Waals surface area (Å²) < 4.78 is 0. The molecule has 2 aromatic heterocycles. The Balaban J connectivity index is 1.55. The number of benzene rings is 1. The van der Waals surface area contributed by atoms with Crippen LogP contribution in [0.2, 0.25) is 0 Å². The van der Waals surface area contributed by atoms with Crippen LogP contribution in [0.4, 0.5) is 0 Å². The van der Waals surface area contributed by atoms with Crippen molar-refractivity contribution in [3.8, 4) is 0 Å². The number of H-pyrrole nitrogens is 1. The predicted molar refractivity (Wildman–Crippen MR) is 78.3 cm³/mol. The molecule has 1 amide bonds. The van der Waals surface area contributed by atoms with Crippen LogP contribution in [0.15, 0.2) is 43.0 Å². The molecule has 1 N–H and O–H groups in total. The number of para-hydroxylation sites is 1. The summed E-state index contributed by atoms with van der Waals surface area (Å²) in [5.41, 5.74) is 4.11. The number of nitrogens with zero attached hydrogens (tertiary/aromatic N) is 3. The van der Waals surface area contributed by atoms with Crippen LogP contribution in [0.1, 0.15) is 16.8 Å². The molecule has 0 fully saturated rings. The number of nitrogens with one attached hydrogen (secondary N) is 1. The summed E-state index contributed by atoms with van der Waals surface area (Å²) in [5.74, 6) is 0.123. The summed E-state index contributed by atoms with van der Waals surface area (Å²) >= 11 is 0. The van der Waals surface area contributed by atoms with E-state index >= 15 is 0 Å². The SMILES string of the molecule is O=C(Cc1c[nH]c2ccccc12)N1Cc2cncnc2C1. The van der Waals surface area contributed by atoms with Gasteiger partial charge in [0.1, 0.15) is 6.33 Å². The number of rotatable bonds is 2. The van der Waals surface area contributed by atoms with Gasteiger partial charge in [0.05, 0.1) is 18.7 Å². The Morgan fingerprint density at radius 3 is 3.10 bits per heavy atom. The van der Waals surface area contributed by atoms with E-state index in [1.807, 2.05) is 35.4 Å². The second kappa shape index (κ2) is 4.70. The third-order valence-corrected chi connectivity index (χ3v) is 3.95. The quantitative estimate of drug-likeness (QED) is 0.780. The molecule has 4 rings (SSSR count). The molecule has 3 aromatic rings. The zero-order valence-electron chi connectivity index (χ0n) is 11.4. The first-order chi connectivity index (χ1) is 10.3. The Hall–Kier alpha value is -2.69. The molecular weight excluding hydrogens is 264 g/mol. The molecule has 0 aliphatic carbocycles. The second-order valence-electron chi connectivity index (χ2n) is 5.28. The second-order valence-corrected chi connectivity index (χ2v) is 5.28. The van der Waals surface area contributed by atoms with Gasteiger partial charge in [0.15, 0.2) is 0 Å². The average Bonchev–Trinajstić information content (AvgIpc) is 3.11. The normalized spacial score (nSPS) is 13.6. The minimum Gasteiger partial charge on any atom is -0.361 e. The van der Waals surface area contributed by atoms with Gasteiger partial charge in [-0.1, -0.05) is 18.2 Å². The van der Waals surface area contributed by atoms with Crippen LogP contribution in [0, 0.1) is 0 Å². The van der Waals surface area contributed by atoms with Gasteiger partial charge in [-0.25, -0.2) is 9.97 Å². The van der Waals surface area contributed by atoms with Crippen molar-refractivity contribution in [2.24, 2.45) is 0 Å². The van der Waals surface area contributed by atoms with Crippen molar-refractivity contribution in [3.05, 3.63) is 59.8 Å². The van der Waals surface area contributed by atoms with Gasteiger partial charge in [-0.2, -0.15) is 0 Å². The third kappa shape index (κ3) is 2.07. The first kappa shape index (κ1) is 12.1. The minimum atomic E-state index is 0.123. The van der Waals surface area contributed by atoms with Crippen LogP contribution < -0.4 is 0 Å². The molecule has 104 valence electrons. The molecule has 0 saturated heterocycles. The molecule has 1 aliphatic heterocycles. The van der Waals surface area contributed by atoms with Crippen LogP contribution >= 0.6 is 0 Å². The maximum Gasteiger partial charge on any atom is 0.227 e. The standard InChI is InChI=1S/C16H14N4O/c21-16(20-8-12-6-17-10-19-15(12)9-20)5-11-7-18-14-4-2-1-3-13(11)14/h1-4,6-7,10,18H,5,8-9H2. The van der Waals surface area contributed by atoms with Crippen molar-refractivity contribution in [1.82, 2.24) is 19.9 Å². The molecule has 5 heteroatoms. The fourth-order valence-corrected chi connectivity index (χ4v) is 2.83. The molecule has 0 radical (unpaired) electrons. The maximum absolute atomic E-state index is 12.5. The number of carbonyl (C=O) groups excluding carboxylic acids is 1. The molecule has 0 spiro atoms. The highest BCUT2D eigenvalue weighted by Crippen LogP contribution is 2.23. The summed E-state index contributed by atoms with van der Waals surface area (Å²) in [6.07, 6.45) is 5.66. The van der Waals surface area contributed by atoms with Gasteiger partial charge in [0.25, 0.3) is 0 Å². The van der Waals surface area contributed by atoms with Crippen molar-refractivity contribution < 1.29 is 4.79 Å². The molecule has 0 unspecified atom stereocenters. The lowest BCUT2D eigenvalue weighted by Gasteiger charge is -2.14. The van der Waals surface area contributed by atoms with Gasteiger partial charge in [-0.3, -0.25) is 4.79 Å². The first-order valence-electron chi connectivity index (χ1n) is 6.92. The molecule has 5 nitrogen and oxygen atoms in total. The number of aromatic amines is 1. The molecule has 1 aliphatic rings. The van der Waals surface area contributed by atoms with Crippen LogP contribution in [0.25, 0.3) is 10.9 Å². The van der Waals surface area contributed by atoms with Crippen molar-refractivity contribution in [3.63, 3.8) is 0 Å². The Bertz CT molecular complexity index is 799.